The molecule has 2 rings (SSSR count). The van der Waals surface area contributed by atoms with Crippen LogP contribution in [0.25, 0.3) is 0 Å². The molecule has 0 spiro atoms. The Morgan fingerprint density at radius 3 is 2.72 bits per heavy atom. The summed E-state index contributed by atoms with van der Waals surface area (Å²) in [7, 11) is 0. The summed E-state index contributed by atoms with van der Waals surface area (Å²) in [5.74, 6) is 0.741. The van der Waals surface area contributed by atoms with E-state index in [4.69, 9.17) is 5.73 Å². The zero-order chi connectivity index (χ0) is 13.3. The van der Waals surface area contributed by atoms with E-state index in [-0.39, 0.29) is 5.91 Å². The molecule has 1 aromatic carbocycles. The first kappa shape index (κ1) is 12.9. The predicted molar refractivity (Wildman–Crippen MR) is 74.5 cm³/mol. The van der Waals surface area contributed by atoms with Crippen LogP contribution >= 0.6 is 0 Å². The highest BCUT2D eigenvalue weighted by molar-refractivity contribution is 5.96. The molecule has 2 unspecified atom stereocenters. The molecule has 1 heterocycles. The van der Waals surface area contributed by atoms with Gasteiger partial charge in [-0.25, -0.2) is 0 Å². The average molecular weight is 246 g/mol. The highest BCUT2D eigenvalue weighted by Crippen LogP contribution is 2.24. The Bertz CT molecular complexity index is 456. The van der Waals surface area contributed by atoms with Crippen LogP contribution in [0.3, 0.4) is 0 Å². The first-order valence-corrected chi connectivity index (χ1v) is 6.66. The zero-order valence-electron chi connectivity index (χ0n) is 11.4. The molecule has 1 saturated heterocycles. The number of piperidine rings is 1. The predicted octanol–water partition coefficient (Wildman–Crippen LogP) is 2.84. The summed E-state index contributed by atoms with van der Waals surface area (Å²) >= 11 is 0. The maximum Gasteiger partial charge on any atom is 0.254 e. The number of nitrogen functional groups attached to an aromatic ring is 1. The molecular formula is C15H22N2O. The van der Waals surface area contributed by atoms with Crippen molar-refractivity contribution in [3.8, 4) is 0 Å². The largest absolute Gasteiger partial charge is 0.399 e. The monoisotopic (exact) mass is 246 g/mol. The van der Waals surface area contributed by atoms with Gasteiger partial charge in [0.05, 0.1) is 0 Å². The molecule has 0 saturated carbocycles. The number of anilines is 1. The minimum absolute atomic E-state index is 0.145. The van der Waals surface area contributed by atoms with E-state index in [1.807, 2.05) is 24.0 Å². The minimum Gasteiger partial charge on any atom is -0.399 e. The number of rotatable bonds is 1. The number of carbonyl (C=O) groups is 1. The number of benzene rings is 1. The van der Waals surface area contributed by atoms with Crippen LogP contribution in [0.5, 0.6) is 0 Å². The lowest BCUT2D eigenvalue weighted by atomic mass is 9.94. The van der Waals surface area contributed by atoms with Crippen LogP contribution in [0.2, 0.25) is 0 Å². The van der Waals surface area contributed by atoms with Gasteiger partial charge in [-0.1, -0.05) is 6.92 Å². The van der Waals surface area contributed by atoms with E-state index in [9.17, 15) is 4.79 Å². The van der Waals surface area contributed by atoms with Crippen molar-refractivity contribution in [1.29, 1.82) is 0 Å². The first-order chi connectivity index (χ1) is 8.49. The second-order valence-electron chi connectivity index (χ2n) is 5.56. The first-order valence-electron chi connectivity index (χ1n) is 6.66. The van der Waals surface area contributed by atoms with Gasteiger partial charge >= 0.3 is 0 Å². The smallest absolute Gasteiger partial charge is 0.254 e. The molecule has 1 aromatic rings. The number of carbonyl (C=O) groups excluding carboxylic acids is 1. The van der Waals surface area contributed by atoms with Crippen LogP contribution in [0.4, 0.5) is 5.69 Å². The number of hydrogen-bond donors (Lipinski definition) is 1. The lowest BCUT2D eigenvalue weighted by Gasteiger charge is -2.37. The molecule has 0 radical (unpaired) electrons. The third-order valence-electron chi connectivity index (χ3n) is 3.86. The Morgan fingerprint density at radius 1 is 1.33 bits per heavy atom. The van der Waals surface area contributed by atoms with Crippen molar-refractivity contribution in [2.45, 2.75) is 39.7 Å². The molecule has 1 amide bonds. The SMILES string of the molecule is Cc1cc(N)ccc1C(=O)N1CC(C)CCC1C. The van der Waals surface area contributed by atoms with E-state index in [0.29, 0.717) is 17.6 Å². The number of aryl methyl sites for hydroxylation is 1. The Balaban J connectivity index is 2.24. The van der Waals surface area contributed by atoms with Crippen molar-refractivity contribution in [2.24, 2.45) is 5.92 Å². The van der Waals surface area contributed by atoms with Crippen molar-refractivity contribution in [2.75, 3.05) is 12.3 Å². The molecule has 18 heavy (non-hydrogen) atoms. The van der Waals surface area contributed by atoms with Gasteiger partial charge < -0.3 is 10.6 Å². The van der Waals surface area contributed by atoms with E-state index in [1.165, 1.54) is 6.42 Å². The highest BCUT2D eigenvalue weighted by atomic mass is 16.2. The minimum atomic E-state index is 0.145. The summed E-state index contributed by atoms with van der Waals surface area (Å²) in [5, 5.41) is 0. The topological polar surface area (TPSA) is 46.3 Å². The quantitative estimate of drug-likeness (QED) is 0.774. The molecule has 1 aliphatic rings. The molecule has 0 aliphatic carbocycles. The summed E-state index contributed by atoms with van der Waals surface area (Å²) in [5.41, 5.74) is 8.19. The van der Waals surface area contributed by atoms with E-state index >= 15 is 0 Å². The van der Waals surface area contributed by atoms with E-state index < -0.39 is 0 Å². The van der Waals surface area contributed by atoms with Crippen molar-refractivity contribution in [1.82, 2.24) is 4.90 Å². The summed E-state index contributed by atoms with van der Waals surface area (Å²) < 4.78 is 0. The molecule has 1 fully saturated rings. The van der Waals surface area contributed by atoms with Crippen LogP contribution in [0.15, 0.2) is 18.2 Å². The van der Waals surface area contributed by atoms with Gasteiger partial charge in [0, 0.05) is 23.8 Å². The van der Waals surface area contributed by atoms with Crippen molar-refractivity contribution in [3.63, 3.8) is 0 Å². The lowest BCUT2D eigenvalue weighted by Crippen LogP contribution is -2.45. The summed E-state index contributed by atoms with van der Waals surface area (Å²) in [6.45, 7) is 7.16. The molecule has 98 valence electrons. The Morgan fingerprint density at radius 2 is 2.06 bits per heavy atom. The van der Waals surface area contributed by atoms with Crippen molar-refractivity contribution < 1.29 is 4.79 Å². The van der Waals surface area contributed by atoms with E-state index in [2.05, 4.69) is 13.8 Å². The van der Waals surface area contributed by atoms with Gasteiger partial charge in [0.1, 0.15) is 0 Å². The Hall–Kier alpha value is -1.51. The van der Waals surface area contributed by atoms with Gasteiger partial charge in [0.2, 0.25) is 0 Å². The van der Waals surface area contributed by atoms with Gasteiger partial charge in [-0.05, 0) is 56.4 Å². The zero-order valence-corrected chi connectivity index (χ0v) is 11.4. The summed E-state index contributed by atoms with van der Waals surface area (Å²) in [4.78, 5) is 14.6. The van der Waals surface area contributed by atoms with Gasteiger partial charge in [-0.3, -0.25) is 4.79 Å². The summed E-state index contributed by atoms with van der Waals surface area (Å²) in [6.07, 6.45) is 2.31. The van der Waals surface area contributed by atoms with Crippen LogP contribution < -0.4 is 5.73 Å². The van der Waals surface area contributed by atoms with Crippen molar-refractivity contribution >= 4 is 11.6 Å². The van der Waals surface area contributed by atoms with Crippen LogP contribution in [-0.4, -0.2) is 23.4 Å². The second-order valence-corrected chi connectivity index (χ2v) is 5.56. The Labute approximate surface area is 109 Å². The standard InChI is InChI=1S/C15H22N2O/c1-10-4-5-12(3)17(9-10)15(18)14-7-6-13(16)8-11(14)2/h6-8,10,12H,4-5,9,16H2,1-3H3. The van der Waals surface area contributed by atoms with Gasteiger partial charge in [-0.15, -0.1) is 0 Å². The average Bonchev–Trinajstić information content (AvgIpc) is 2.31. The van der Waals surface area contributed by atoms with E-state index in [0.717, 1.165) is 24.1 Å². The summed E-state index contributed by atoms with van der Waals surface area (Å²) in [6, 6.07) is 5.85. The fourth-order valence-electron chi connectivity index (χ4n) is 2.65. The molecule has 0 bridgehead atoms. The maximum atomic E-state index is 12.6. The molecule has 2 N–H and O–H groups in total. The fourth-order valence-corrected chi connectivity index (χ4v) is 2.65. The van der Waals surface area contributed by atoms with Gasteiger partial charge in [-0.2, -0.15) is 0 Å². The van der Waals surface area contributed by atoms with Gasteiger partial charge in [0.15, 0.2) is 0 Å². The fraction of sp³-hybridized carbons (Fsp3) is 0.533. The molecule has 3 nitrogen and oxygen atoms in total. The van der Waals surface area contributed by atoms with E-state index in [1.54, 1.807) is 6.07 Å². The van der Waals surface area contributed by atoms with Gasteiger partial charge in [0.25, 0.3) is 5.91 Å². The normalized spacial score (nSPS) is 24.1. The number of nitrogens with two attached hydrogens (primary N) is 1. The third kappa shape index (κ3) is 2.50. The highest BCUT2D eigenvalue weighted by Gasteiger charge is 2.28. The Kier molecular flexibility index (Phi) is 3.60. The number of likely N-dealkylation sites (tertiary alicyclic amines) is 1. The number of hydrogen-bond acceptors (Lipinski definition) is 2. The van der Waals surface area contributed by atoms with Crippen LogP contribution in [0.1, 0.15) is 42.6 Å². The van der Waals surface area contributed by atoms with Crippen molar-refractivity contribution in [3.05, 3.63) is 29.3 Å². The van der Waals surface area contributed by atoms with Crippen LogP contribution in [-0.2, 0) is 0 Å². The second kappa shape index (κ2) is 5.01. The third-order valence-corrected chi connectivity index (χ3v) is 3.86. The molecule has 1 aliphatic heterocycles. The van der Waals surface area contributed by atoms with Crippen LogP contribution in [0, 0.1) is 12.8 Å². The molecule has 3 heteroatoms. The number of nitrogens with zero attached hydrogens (tertiary/aromatic N) is 1. The maximum absolute atomic E-state index is 12.6. The number of amides is 1. The molecule has 2 atom stereocenters. The molecule has 0 aromatic heterocycles. The lowest BCUT2D eigenvalue weighted by molar-refractivity contribution is 0.0573. The molecular weight excluding hydrogens is 224 g/mol.